The minimum Gasteiger partial charge on any atom is -0.507 e. The molecule has 1 saturated heterocycles. The average molecular weight is 839 g/mol. The third-order valence-electron chi connectivity index (χ3n) is 11.9. The van der Waals surface area contributed by atoms with E-state index in [0.717, 1.165) is 6.26 Å². The molecule has 1 fully saturated rings. The van der Waals surface area contributed by atoms with E-state index in [0.29, 0.717) is 26.2 Å². The van der Waals surface area contributed by atoms with E-state index in [9.17, 15) is 45.0 Å². The first-order valence-electron chi connectivity index (χ1n) is 19.9. The number of amides is 1. The van der Waals surface area contributed by atoms with Gasteiger partial charge >= 0.3 is 11.8 Å². The van der Waals surface area contributed by atoms with Crippen LogP contribution in [0.3, 0.4) is 0 Å². The quantitative estimate of drug-likeness (QED) is 0.0990. The molecule has 17 heteroatoms. The maximum Gasteiger partial charge on any atom is 0.312 e. The fourth-order valence-electron chi connectivity index (χ4n) is 7.95. The number of likely N-dealkylation sites (N-methyl/N-ethyl adjacent to an activating group) is 1. The van der Waals surface area contributed by atoms with Crippen molar-refractivity contribution in [1.82, 2.24) is 9.91 Å². The number of carbonyl (C=O) groups excluding carboxylic acids is 3. The Bertz CT molecular complexity index is 2090. The molecule has 7 N–H and O–H groups in total. The summed E-state index contributed by atoms with van der Waals surface area (Å²) in [4.78, 5) is 42.7. The van der Waals surface area contributed by atoms with Crippen molar-refractivity contribution in [2.45, 2.75) is 78.7 Å². The van der Waals surface area contributed by atoms with E-state index >= 15 is 0 Å². The van der Waals surface area contributed by atoms with Gasteiger partial charge in [0.25, 0.3) is 11.7 Å². The van der Waals surface area contributed by atoms with E-state index in [4.69, 9.17) is 18.9 Å². The molecule has 0 saturated carbocycles. The largest absolute Gasteiger partial charge is 0.507 e. The number of piperazine rings is 1. The Morgan fingerprint density at radius 2 is 1.67 bits per heavy atom. The van der Waals surface area contributed by atoms with Gasteiger partial charge in [0.1, 0.15) is 23.4 Å². The topological polar surface area (TPSA) is 240 Å². The molecule has 2 aromatic rings. The summed E-state index contributed by atoms with van der Waals surface area (Å²) in [5, 5.41) is 77.4. The van der Waals surface area contributed by atoms with E-state index in [-0.39, 0.29) is 44.5 Å². The van der Waals surface area contributed by atoms with Gasteiger partial charge in [-0.2, -0.15) is 5.10 Å². The van der Waals surface area contributed by atoms with E-state index in [1.165, 1.54) is 53.2 Å². The van der Waals surface area contributed by atoms with Gasteiger partial charge in [0, 0.05) is 87.3 Å². The fraction of sp³-hybridized carbons (Fsp3) is 0.535. The van der Waals surface area contributed by atoms with Crippen molar-refractivity contribution >= 4 is 40.3 Å². The molecule has 9 atom stereocenters. The number of ketones is 1. The molecule has 0 aromatic heterocycles. The number of nitrogens with zero attached hydrogens (tertiary/aromatic N) is 3. The van der Waals surface area contributed by atoms with Crippen LogP contribution < -0.4 is 10.1 Å². The number of rotatable bonds is 5. The van der Waals surface area contributed by atoms with Crippen molar-refractivity contribution in [1.29, 1.82) is 0 Å². The van der Waals surface area contributed by atoms with Gasteiger partial charge in [-0.1, -0.05) is 39.0 Å². The maximum atomic E-state index is 14.4. The number of hydrogen-bond donors (Lipinski definition) is 7. The Kier molecular flexibility index (Phi) is 14.2. The second-order valence-electron chi connectivity index (χ2n) is 16.1. The number of phenols is 3. The van der Waals surface area contributed by atoms with Crippen LogP contribution >= 0.6 is 0 Å². The number of aliphatic hydroxyl groups is 3. The van der Waals surface area contributed by atoms with Crippen LogP contribution in [-0.4, -0.2) is 142 Å². The molecule has 0 radical (unpaired) electrons. The number of anilines is 1. The minimum atomic E-state index is -2.11. The summed E-state index contributed by atoms with van der Waals surface area (Å²) in [5.74, 6) is -9.36. The molecule has 17 nitrogen and oxygen atoms in total. The zero-order valence-corrected chi connectivity index (χ0v) is 35.5. The van der Waals surface area contributed by atoms with Crippen molar-refractivity contribution in [2.75, 3.05) is 52.3 Å². The minimum absolute atomic E-state index is 0.0251. The summed E-state index contributed by atoms with van der Waals surface area (Å²) in [6, 6.07) is 0. The van der Waals surface area contributed by atoms with E-state index in [1.54, 1.807) is 37.9 Å². The van der Waals surface area contributed by atoms with Crippen molar-refractivity contribution < 1.29 is 64.0 Å². The monoisotopic (exact) mass is 838 g/mol. The zero-order chi connectivity index (χ0) is 44.4. The number of aliphatic hydroxyl groups excluding tert-OH is 3. The highest BCUT2D eigenvalue weighted by Crippen LogP contribution is 2.55. The first-order chi connectivity index (χ1) is 28.3. The van der Waals surface area contributed by atoms with Crippen molar-refractivity contribution in [3.63, 3.8) is 0 Å². The summed E-state index contributed by atoms with van der Waals surface area (Å²) in [5.41, 5.74) is -0.482. The van der Waals surface area contributed by atoms with Gasteiger partial charge in [0.2, 0.25) is 0 Å². The van der Waals surface area contributed by atoms with Crippen LogP contribution in [0.25, 0.3) is 10.8 Å². The van der Waals surface area contributed by atoms with Crippen molar-refractivity contribution in [3.05, 3.63) is 52.8 Å². The van der Waals surface area contributed by atoms with Crippen LogP contribution in [0.2, 0.25) is 0 Å². The Morgan fingerprint density at radius 1 is 1.00 bits per heavy atom. The van der Waals surface area contributed by atoms with Crippen LogP contribution in [0, 0.1) is 30.6 Å². The summed E-state index contributed by atoms with van der Waals surface area (Å²) in [6.07, 6.45) is 3.89. The lowest BCUT2D eigenvalue weighted by atomic mass is 9.78. The number of hydrogen-bond acceptors (Lipinski definition) is 16. The molecule has 1 amide bonds. The maximum absolute atomic E-state index is 14.4. The third-order valence-corrected chi connectivity index (χ3v) is 11.9. The number of allylic oxidation sites excluding steroid dienone is 2. The van der Waals surface area contributed by atoms with Gasteiger partial charge in [0.15, 0.2) is 5.75 Å². The third kappa shape index (κ3) is 8.95. The molecule has 6 rings (SSSR count). The number of esters is 1. The van der Waals surface area contributed by atoms with E-state index in [1.807, 2.05) is 7.05 Å². The van der Waals surface area contributed by atoms with Crippen molar-refractivity contribution in [3.8, 4) is 23.0 Å². The van der Waals surface area contributed by atoms with Gasteiger partial charge in [0.05, 0.1) is 59.6 Å². The lowest BCUT2D eigenvalue weighted by molar-refractivity contribution is -0.163. The Labute approximate surface area is 349 Å². The van der Waals surface area contributed by atoms with Crippen LogP contribution in [0.15, 0.2) is 41.2 Å². The van der Waals surface area contributed by atoms with Crippen LogP contribution in [0.4, 0.5) is 5.69 Å². The Balaban J connectivity index is 1.71. The number of Topliss-reactive ketones (excluding diaryl/α,β-unsaturated/α-hetero) is 1. The van der Waals surface area contributed by atoms with Gasteiger partial charge in [-0.15, -0.1) is 0 Å². The molecular formula is C43H58N4O13. The van der Waals surface area contributed by atoms with Gasteiger partial charge in [-0.25, -0.2) is 0 Å². The highest BCUT2D eigenvalue weighted by atomic mass is 16.7. The predicted molar refractivity (Wildman–Crippen MR) is 222 cm³/mol. The predicted octanol–water partition coefficient (Wildman–Crippen LogP) is 3.31. The number of fused-ring (bicyclic) bond motifs is 14. The molecule has 0 unspecified atom stereocenters. The molecule has 4 aliphatic rings. The molecule has 4 aliphatic heterocycles. The molecule has 0 aliphatic carbocycles. The number of phenolic OH excluding ortho intramolecular Hbond substituents is 3. The summed E-state index contributed by atoms with van der Waals surface area (Å²) < 4.78 is 23.4. The summed E-state index contributed by atoms with van der Waals surface area (Å²) in [7, 11) is 3.32. The molecule has 5 bridgehead atoms. The number of hydrazone groups is 1. The Morgan fingerprint density at radius 3 is 2.28 bits per heavy atom. The van der Waals surface area contributed by atoms with Gasteiger partial charge in [-0.05, 0) is 27.0 Å². The van der Waals surface area contributed by atoms with Crippen LogP contribution in [0.5, 0.6) is 23.0 Å². The average Bonchev–Trinajstić information content (AvgIpc) is 3.48. The summed E-state index contributed by atoms with van der Waals surface area (Å²) in [6.45, 7) is 12.4. The molecule has 2 aromatic carbocycles. The second-order valence-corrected chi connectivity index (χ2v) is 16.1. The smallest absolute Gasteiger partial charge is 0.312 e. The number of methoxy groups -OCH3 is 1. The molecular weight excluding hydrogens is 780 g/mol. The van der Waals surface area contributed by atoms with Gasteiger partial charge < -0.3 is 59.8 Å². The van der Waals surface area contributed by atoms with Crippen LogP contribution in [0.1, 0.15) is 63.0 Å². The molecule has 60 heavy (non-hydrogen) atoms. The van der Waals surface area contributed by atoms with Gasteiger partial charge in [-0.3, -0.25) is 19.4 Å². The lowest BCUT2D eigenvalue weighted by Crippen LogP contribution is -2.48. The number of aromatic hydroxyl groups is 3. The highest BCUT2D eigenvalue weighted by molar-refractivity contribution is 6.23. The molecule has 0 spiro atoms. The first-order valence-corrected chi connectivity index (χ1v) is 19.9. The van der Waals surface area contributed by atoms with Crippen LogP contribution in [-0.2, 0) is 23.8 Å². The van der Waals surface area contributed by atoms with E-state index < -0.39 is 95.4 Å². The zero-order valence-electron chi connectivity index (χ0n) is 35.5. The SMILES string of the molecule is CO[C@H]1/C=C/O[C@@]2(C)Oc3c(C)c(O)c4c(O)c(c(/C=N/N5CCN(C)CC5)c(O)c4c3C2=O)NC(=O)/C(C)=C\C=C\[C@H](C)[C@H](O)[C@@H](C)[C@@H](O)[C@@H](C)[C@H](OC(C)=O)[C@@H]1CO. The fourth-order valence-corrected chi connectivity index (χ4v) is 7.95. The first kappa shape index (κ1) is 45.9. The number of ether oxygens (including phenoxy) is 4. The van der Waals surface area contributed by atoms with E-state index in [2.05, 4.69) is 15.3 Å². The standard InChI is InChI=1S/C43H58N4O13/c1-21-11-10-12-22(2)42(56)45-33-27(19-44-47-16-14-46(8)15-17-47)37(53)30-31(38(33)54)36(52)25(5)40-32(30)41(55)43(7,60-40)58-18-13-29(57-9)28(20-48)39(59-26(6)49)24(4)35(51)23(3)34(21)50/h10-13,18-19,21,23-24,28-29,34-35,39,48,50-54H,14-17,20H2,1-9H3,(H,45,56)/b11-10+,18-13+,22-12-,44-19+/t21-,23+,24+,28+,29-,34-,35+,39-,43-/m0/s1. The van der Waals surface area contributed by atoms with Crippen molar-refractivity contribution in [2.24, 2.45) is 28.8 Å². The number of nitrogens with one attached hydrogen (secondary N) is 1. The number of benzene rings is 2. The molecule has 4 heterocycles. The lowest BCUT2D eigenvalue weighted by Gasteiger charge is -2.38. The Hall–Kier alpha value is -5.20. The highest BCUT2D eigenvalue weighted by Gasteiger charge is 2.50. The summed E-state index contributed by atoms with van der Waals surface area (Å²) >= 11 is 0. The normalized spacial score (nSPS) is 31.7. The number of carbonyl (C=O) groups is 3. The second kappa shape index (κ2) is 18.6. The molecule has 328 valence electrons.